The molecule has 1 fully saturated rings. The molecule has 0 spiro atoms. The molecule has 1 N–H and O–H groups in total. The number of aromatic nitrogens is 5. The van der Waals surface area contributed by atoms with Crippen LogP contribution in [-0.2, 0) is 6.54 Å². The monoisotopic (exact) mass is 541 g/mol. The molecule has 10 heteroatoms. The van der Waals surface area contributed by atoms with Gasteiger partial charge in [-0.15, -0.1) is 5.10 Å². The van der Waals surface area contributed by atoms with E-state index >= 15 is 0 Å². The molecule has 0 unspecified atom stereocenters. The zero-order valence-electron chi connectivity index (χ0n) is 22.3. The van der Waals surface area contributed by atoms with Gasteiger partial charge in [0.25, 0.3) is 5.56 Å². The topological polar surface area (TPSA) is 82.9 Å². The number of aryl methyl sites for hydroxylation is 2. The molecule has 8 nitrogen and oxygen atoms in total. The fourth-order valence-electron chi connectivity index (χ4n) is 5.58. The lowest BCUT2D eigenvalue weighted by molar-refractivity contribution is 0.200. The summed E-state index contributed by atoms with van der Waals surface area (Å²) in [6, 6.07) is 18.3. The van der Waals surface area contributed by atoms with Crippen molar-refractivity contribution < 1.29 is 8.78 Å². The van der Waals surface area contributed by atoms with Crippen molar-refractivity contribution in [3.8, 4) is 0 Å². The number of rotatable bonds is 6. The minimum Gasteiger partial charge on any atom is -0.369 e. The molecule has 1 atom stereocenters. The van der Waals surface area contributed by atoms with E-state index in [1.54, 1.807) is 28.9 Å². The number of benzene rings is 3. The van der Waals surface area contributed by atoms with Gasteiger partial charge >= 0.3 is 0 Å². The first-order valence-electron chi connectivity index (χ1n) is 13.2. The summed E-state index contributed by atoms with van der Waals surface area (Å²) in [5.41, 5.74) is 5.08. The van der Waals surface area contributed by atoms with Crippen LogP contribution in [0.4, 0.5) is 14.5 Å². The molecule has 3 aromatic carbocycles. The highest BCUT2D eigenvalue weighted by atomic mass is 19.1. The minimum atomic E-state index is -0.514. The van der Waals surface area contributed by atoms with Crippen molar-refractivity contribution in [3.63, 3.8) is 0 Å². The van der Waals surface area contributed by atoms with Gasteiger partial charge in [0, 0.05) is 37.4 Å². The Hall–Kier alpha value is -4.44. The second kappa shape index (κ2) is 10.6. The molecule has 0 amide bonds. The Kier molecular flexibility index (Phi) is 6.85. The summed E-state index contributed by atoms with van der Waals surface area (Å²) < 4.78 is 28.7. The summed E-state index contributed by atoms with van der Waals surface area (Å²) in [6.07, 6.45) is 0. The predicted octanol–water partition coefficient (Wildman–Crippen LogP) is 4.37. The third kappa shape index (κ3) is 5.10. The van der Waals surface area contributed by atoms with E-state index in [2.05, 4.69) is 36.4 Å². The summed E-state index contributed by atoms with van der Waals surface area (Å²) in [5, 5.41) is 13.6. The number of fused-ring (bicyclic) bond motifs is 1. The fraction of sp³-hybridized carbons (Fsp3) is 0.267. The van der Waals surface area contributed by atoms with E-state index in [0.717, 1.165) is 33.3 Å². The van der Waals surface area contributed by atoms with Gasteiger partial charge in [-0.1, -0.05) is 23.8 Å². The first kappa shape index (κ1) is 25.8. The van der Waals surface area contributed by atoms with Crippen molar-refractivity contribution >= 4 is 16.6 Å². The molecule has 0 bridgehead atoms. The SMILES string of the molecule is Cc1cc(C)c2[nH]c(=O)c([C@H](c3nnnn3Cc3ccc(F)cc3)N3CCN(c4ccc(F)cc4)CC3)cc2c1. The highest BCUT2D eigenvalue weighted by Crippen LogP contribution is 2.30. The third-order valence-corrected chi connectivity index (χ3v) is 7.54. The number of anilines is 1. The molecule has 6 rings (SSSR count). The molecular formula is C30H29F2N7O. The molecule has 0 saturated carbocycles. The lowest BCUT2D eigenvalue weighted by Gasteiger charge is -2.39. The molecule has 204 valence electrons. The molecular weight excluding hydrogens is 512 g/mol. The Bertz CT molecular complexity index is 1710. The average Bonchev–Trinajstić information content (AvgIpc) is 3.39. The van der Waals surface area contributed by atoms with Gasteiger partial charge in [-0.2, -0.15) is 0 Å². The number of nitrogens with one attached hydrogen (secondary N) is 1. The molecule has 0 aliphatic carbocycles. The highest BCUT2D eigenvalue weighted by molar-refractivity contribution is 5.83. The van der Waals surface area contributed by atoms with Crippen molar-refractivity contribution in [2.24, 2.45) is 0 Å². The molecule has 40 heavy (non-hydrogen) atoms. The Balaban J connectivity index is 1.39. The number of piperazine rings is 1. The Morgan fingerprint density at radius 1 is 0.900 bits per heavy atom. The zero-order chi connectivity index (χ0) is 27.8. The first-order chi connectivity index (χ1) is 19.4. The molecule has 5 aromatic rings. The van der Waals surface area contributed by atoms with E-state index in [1.165, 1.54) is 24.3 Å². The summed E-state index contributed by atoms with van der Waals surface area (Å²) in [4.78, 5) is 21.1. The van der Waals surface area contributed by atoms with Gasteiger partial charge in [0.15, 0.2) is 5.82 Å². The van der Waals surface area contributed by atoms with Gasteiger partial charge in [0.05, 0.1) is 12.1 Å². The van der Waals surface area contributed by atoms with E-state index < -0.39 is 6.04 Å². The molecule has 1 aliphatic heterocycles. The fourth-order valence-corrected chi connectivity index (χ4v) is 5.58. The van der Waals surface area contributed by atoms with Crippen LogP contribution >= 0.6 is 0 Å². The van der Waals surface area contributed by atoms with Crippen LogP contribution in [0.2, 0.25) is 0 Å². The predicted molar refractivity (Wildman–Crippen MR) is 149 cm³/mol. The average molecular weight is 542 g/mol. The largest absolute Gasteiger partial charge is 0.369 e. The van der Waals surface area contributed by atoms with Crippen LogP contribution in [0, 0.1) is 25.5 Å². The normalized spacial score (nSPS) is 15.1. The molecule has 3 heterocycles. The number of hydrogen-bond acceptors (Lipinski definition) is 6. The van der Waals surface area contributed by atoms with E-state index in [4.69, 9.17) is 0 Å². The van der Waals surface area contributed by atoms with Gasteiger partial charge in [-0.05, 0) is 89.3 Å². The smallest absolute Gasteiger partial charge is 0.253 e. The van der Waals surface area contributed by atoms with Crippen LogP contribution in [0.1, 0.15) is 34.1 Å². The van der Waals surface area contributed by atoms with Crippen LogP contribution in [0.5, 0.6) is 0 Å². The second-order valence-electron chi connectivity index (χ2n) is 10.3. The van der Waals surface area contributed by atoms with Gasteiger partial charge in [-0.3, -0.25) is 9.69 Å². The number of tetrazole rings is 1. The van der Waals surface area contributed by atoms with Crippen molar-refractivity contribution in [3.05, 3.63) is 117 Å². The maximum atomic E-state index is 13.6. The van der Waals surface area contributed by atoms with Crippen LogP contribution in [0.25, 0.3) is 10.9 Å². The van der Waals surface area contributed by atoms with Gasteiger partial charge in [-0.25, -0.2) is 13.5 Å². The Labute approximate surface area is 229 Å². The van der Waals surface area contributed by atoms with E-state index in [-0.39, 0.29) is 17.2 Å². The number of H-pyrrole nitrogens is 1. The number of nitrogens with zero attached hydrogens (tertiary/aromatic N) is 6. The minimum absolute atomic E-state index is 0.193. The molecule has 1 aliphatic rings. The van der Waals surface area contributed by atoms with Gasteiger partial charge in [0.1, 0.15) is 17.7 Å². The zero-order valence-corrected chi connectivity index (χ0v) is 22.3. The van der Waals surface area contributed by atoms with Crippen molar-refractivity contribution in [1.82, 2.24) is 30.1 Å². The van der Waals surface area contributed by atoms with E-state index in [0.29, 0.717) is 44.1 Å². The van der Waals surface area contributed by atoms with Crippen molar-refractivity contribution in [1.29, 1.82) is 0 Å². The van der Waals surface area contributed by atoms with Crippen LogP contribution in [0.15, 0.2) is 71.5 Å². The molecule has 0 radical (unpaired) electrons. The number of pyridine rings is 1. The lowest BCUT2D eigenvalue weighted by atomic mass is 10.00. The number of hydrogen-bond donors (Lipinski definition) is 1. The maximum Gasteiger partial charge on any atom is 0.253 e. The Morgan fingerprint density at radius 2 is 1.57 bits per heavy atom. The van der Waals surface area contributed by atoms with Crippen molar-refractivity contribution in [2.75, 3.05) is 31.1 Å². The van der Waals surface area contributed by atoms with Crippen LogP contribution in [0.3, 0.4) is 0 Å². The van der Waals surface area contributed by atoms with Crippen LogP contribution in [-0.4, -0.2) is 56.3 Å². The van der Waals surface area contributed by atoms with Crippen LogP contribution < -0.4 is 10.5 Å². The summed E-state index contributed by atoms with van der Waals surface area (Å²) in [7, 11) is 0. The summed E-state index contributed by atoms with van der Waals surface area (Å²) in [6.45, 7) is 6.99. The number of halogens is 2. The van der Waals surface area contributed by atoms with Gasteiger partial charge in [0.2, 0.25) is 0 Å². The standard InChI is InChI=1S/C30H29F2N7O/c1-19-15-20(2)27-22(16-19)17-26(30(40)33-27)28(29-34-35-36-39(29)18-21-3-5-23(31)6-4-21)38-13-11-37(12-14-38)25-9-7-24(32)8-10-25/h3-10,15-17,28H,11-14,18H2,1-2H3,(H,33,40)/t28-/m1/s1. The lowest BCUT2D eigenvalue weighted by Crippen LogP contribution is -2.49. The highest BCUT2D eigenvalue weighted by Gasteiger charge is 2.33. The van der Waals surface area contributed by atoms with Crippen molar-refractivity contribution in [2.45, 2.75) is 26.4 Å². The summed E-state index contributed by atoms with van der Waals surface area (Å²) >= 11 is 0. The Morgan fingerprint density at radius 3 is 2.27 bits per heavy atom. The second-order valence-corrected chi connectivity index (χ2v) is 10.3. The van der Waals surface area contributed by atoms with E-state index in [9.17, 15) is 13.6 Å². The quantitative estimate of drug-likeness (QED) is 0.344. The first-order valence-corrected chi connectivity index (χ1v) is 13.2. The van der Waals surface area contributed by atoms with E-state index in [1.807, 2.05) is 26.0 Å². The third-order valence-electron chi connectivity index (χ3n) is 7.54. The number of aromatic amines is 1. The van der Waals surface area contributed by atoms with Gasteiger partial charge < -0.3 is 9.88 Å². The maximum absolute atomic E-state index is 13.6. The molecule has 1 saturated heterocycles. The summed E-state index contributed by atoms with van der Waals surface area (Å²) in [5.74, 6) is -0.0453. The molecule has 2 aromatic heterocycles.